The average molecular weight is 1150 g/mol. The Balaban J connectivity index is 4.35. The largest absolute Gasteiger partial charge is 0.462 e. The highest BCUT2D eigenvalue weighted by molar-refractivity contribution is 5.71. The zero-order chi connectivity index (χ0) is 59.9. The second-order valence-corrected chi connectivity index (χ2v) is 23.4. The van der Waals surface area contributed by atoms with Gasteiger partial charge in [-0.05, 0) is 122 Å². The molecule has 0 radical (unpaired) electrons. The molecule has 1 atom stereocenters. The van der Waals surface area contributed by atoms with Gasteiger partial charge in [-0.25, -0.2) is 0 Å². The lowest BCUT2D eigenvalue weighted by Gasteiger charge is -2.18. The van der Waals surface area contributed by atoms with Crippen molar-refractivity contribution in [3.63, 3.8) is 0 Å². The number of rotatable bonds is 64. The van der Waals surface area contributed by atoms with Gasteiger partial charge in [-0.2, -0.15) is 0 Å². The van der Waals surface area contributed by atoms with Crippen LogP contribution in [0.5, 0.6) is 0 Å². The molecule has 0 fully saturated rings. The second kappa shape index (κ2) is 70.6. The molecule has 6 heteroatoms. The highest BCUT2D eigenvalue weighted by Crippen LogP contribution is 2.17. The van der Waals surface area contributed by atoms with Gasteiger partial charge in [0.05, 0.1) is 0 Å². The fraction of sp³-hybridized carbons (Fsp3) is 0.727. The third-order valence-corrected chi connectivity index (χ3v) is 15.2. The molecule has 476 valence electrons. The average Bonchev–Trinajstić information content (AvgIpc) is 3.49. The summed E-state index contributed by atoms with van der Waals surface area (Å²) in [5, 5.41) is 0. The predicted octanol–water partition coefficient (Wildman–Crippen LogP) is 24.6. The lowest BCUT2D eigenvalue weighted by Crippen LogP contribution is -2.30. The van der Waals surface area contributed by atoms with Crippen molar-refractivity contribution in [3.8, 4) is 0 Å². The molecule has 0 bridgehead atoms. The molecule has 0 saturated carbocycles. The Hall–Kier alpha value is -3.93. The summed E-state index contributed by atoms with van der Waals surface area (Å²) in [6, 6.07) is 0. The standard InChI is InChI=1S/C77H132O6/c1-4-7-10-13-16-19-22-25-28-31-33-35-36-37-38-39-40-42-43-46-49-52-55-58-61-64-67-70-76(79)82-73-74(72-81-75(78)69-66-63-60-57-54-51-48-45-30-27-24-21-18-15-12-9-6-3)83-77(80)71-68-65-62-59-56-53-50-47-44-41-34-32-29-26-23-20-17-14-11-8-5-2/h7,9-10,12,16,18-19,21,25,27-28,30,32-35,37-38,74H,4-6,8,11,13-15,17,20,22-24,26,29,31,36,39-73H2,1-3H3/b10-7-,12-9-,19-16-,21-18-,28-25-,30-27-,34-32-,35-33-,38-37-. The van der Waals surface area contributed by atoms with Crippen molar-refractivity contribution < 1.29 is 28.6 Å². The number of hydrogen-bond donors (Lipinski definition) is 0. The van der Waals surface area contributed by atoms with E-state index in [4.69, 9.17) is 14.2 Å². The van der Waals surface area contributed by atoms with E-state index in [1.165, 1.54) is 186 Å². The molecule has 0 aliphatic heterocycles. The topological polar surface area (TPSA) is 78.9 Å². The van der Waals surface area contributed by atoms with Gasteiger partial charge in [0.25, 0.3) is 0 Å². The molecular formula is C77H132O6. The van der Waals surface area contributed by atoms with Crippen LogP contribution in [-0.2, 0) is 28.6 Å². The van der Waals surface area contributed by atoms with Crippen LogP contribution in [-0.4, -0.2) is 37.2 Å². The van der Waals surface area contributed by atoms with E-state index in [1.807, 2.05) is 0 Å². The molecule has 0 aromatic carbocycles. The van der Waals surface area contributed by atoms with Gasteiger partial charge >= 0.3 is 17.9 Å². The van der Waals surface area contributed by atoms with Crippen LogP contribution < -0.4 is 0 Å². The minimum atomic E-state index is -0.788. The summed E-state index contributed by atoms with van der Waals surface area (Å²) in [5.74, 6) is -0.883. The normalized spacial score (nSPS) is 12.8. The lowest BCUT2D eigenvalue weighted by atomic mass is 10.0. The number of carbonyl (C=O) groups excluding carboxylic acids is 3. The van der Waals surface area contributed by atoms with Crippen LogP contribution in [0.1, 0.15) is 342 Å². The minimum Gasteiger partial charge on any atom is -0.462 e. The maximum absolute atomic E-state index is 13.0. The summed E-state index contributed by atoms with van der Waals surface area (Å²) in [6.07, 6.45) is 96.8. The fourth-order valence-corrected chi connectivity index (χ4v) is 10.0. The minimum absolute atomic E-state index is 0.0827. The summed E-state index contributed by atoms with van der Waals surface area (Å²) in [4.78, 5) is 38.5. The van der Waals surface area contributed by atoms with E-state index in [9.17, 15) is 14.4 Å². The first-order valence-electron chi connectivity index (χ1n) is 35.4. The van der Waals surface area contributed by atoms with Crippen molar-refractivity contribution in [2.75, 3.05) is 13.2 Å². The molecule has 0 rings (SSSR count). The molecule has 0 aromatic heterocycles. The Labute approximate surface area is 514 Å². The molecule has 6 nitrogen and oxygen atoms in total. The van der Waals surface area contributed by atoms with Crippen molar-refractivity contribution in [2.24, 2.45) is 0 Å². The van der Waals surface area contributed by atoms with Crippen LogP contribution in [0.2, 0.25) is 0 Å². The van der Waals surface area contributed by atoms with Crippen LogP contribution in [0.3, 0.4) is 0 Å². The van der Waals surface area contributed by atoms with Crippen LogP contribution in [0.15, 0.2) is 109 Å². The van der Waals surface area contributed by atoms with Crippen molar-refractivity contribution in [2.45, 2.75) is 348 Å². The molecule has 1 unspecified atom stereocenters. The van der Waals surface area contributed by atoms with Gasteiger partial charge in [0.15, 0.2) is 6.10 Å². The van der Waals surface area contributed by atoms with Crippen LogP contribution in [0.25, 0.3) is 0 Å². The SMILES string of the molecule is CC/C=C\C/C=C\C/C=C\C/C=C\C/C=C\CCCCCCCCCCCCCC(=O)OCC(COC(=O)CCCCCCCCC/C=C\C/C=C\C/C=C\CC)OC(=O)CCCCCCCCCCC/C=C\CCCCCCCCCC. The fourth-order valence-electron chi connectivity index (χ4n) is 10.0. The zero-order valence-corrected chi connectivity index (χ0v) is 54.7. The van der Waals surface area contributed by atoms with Crippen LogP contribution in [0.4, 0.5) is 0 Å². The lowest BCUT2D eigenvalue weighted by molar-refractivity contribution is -0.167. The van der Waals surface area contributed by atoms with Gasteiger partial charge in [0.2, 0.25) is 0 Å². The molecule has 0 aliphatic carbocycles. The number of allylic oxidation sites excluding steroid dienone is 18. The van der Waals surface area contributed by atoms with E-state index < -0.39 is 6.10 Å². The predicted molar refractivity (Wildman–Crippen MR) is 362 cm³/mol. The van der Waals surface area contributed by atoms with Gasteiger partial charge < -0.3 is 14.2 Å². The van der Waals surface area contributed by atoms with Crippen molar-refractivity contribution >= 4 is 17.9 Å². The smallest absolute Gasteiger partial charge is 0.306 e. The van der Waals surface area contributed by atoms with Crippen LogP contribution in [0, 0.1) is 0 Å². The van der Waals surface area contributed by atoms with Crippen LogP contribution >= 0.6 is 0 Å². The number of esters is 3. The van der Waals surface area contributed by atoms with Gasteiger partial charge in [0, 0.05) is 19.3 Å². The van der Waals surface area contributed by atoms with E-state index in [0.29, 0.717) is 19.3 Å². The van der Waals surface area contributed by atoms with E-state index in [2.05, 4.69) is 130 Å². The molecule has 0 aromatic rings. The Morgan fingerprint density at radius 1 is 0.253 bits per heavy atom. The summed E-state index contributed by atoms with van der Waals surface area (Å²) in [5.41, 5.74) is 0. The van der Waals surface area contributed by atoms with Crippen molar-refractivity contribution in [1.29, 1.82) is 0 Å². The van der Waals surface area contributed by atoms with Crippen molar-refractivity contribution in [3.05, 3.63) is 109 Å². The van der Waals surface area contributed by atoms with E-state index in [-0.39, 0.29) is 31.1 Å². The highest BCUT2D eigenvalue weighted by Gasteiger charge is 2.19. The Kier molecular flexibility index (Phi) is 67.2. The van der Waals surface area contributed by atoms with Gasteiger partial charge in [-0.1, -0.05) is 310 Å². The Morgan fingerprint density at radius 3 is 0.747 bits per heavy atom. The molecule has 0 aliphatic rings. The number of ether oxygens (including phenoxy) is 3. The quantitative estimate of drug-likeness (QED) is 0.0261. The zero-order valence-electron chi connectivity index (χ0n) is 54.7. The second-order valence-electron chi connectivity index (χ2n) is 23.4. The molecule has 0 spiro atoms. The van der Waals surface area contributed by atoms with Gasteiger partial charge in [0.1, 0.15) is 13.2 Å². The number of unbranched alkanes of at least 4 members (excludes halogenated alkanes) is 35. The summed E-state index contributed by atoms with van der Waals surface area (Å²) < 4.78 is 17.0. The first kappa shape index (κ1) is 79.1. The molecule has 0 amide bonds. The first-order chi connectivity index (χ1) is 41.0. The molecule has 0 heterocycles. The van der Waals surface area contributed by atoms with E-state index in [0.717, 1.165) is 116 Å². The Bertz CT molecular complexity index is 1660. The molecule has 0 saturated heterocycles. The third-order valence-electron chi connectivity index (χ3n) is 15.2. The van der Waals surface area contributed by atoms with E-state index in [1.54, 1.807) is 0 Å². The monoisotopic (exact) mass is 1150 g/mol. The Morgan fingerprint density at radius 2 is 0.470 bits per heavy atom. The third kappa shape index (κ3) is 68.7. The number of carbonyl (C=O) groups is 3. The maximum atomic E-state index is 13.0. The molecule has 0 N–H and O–H groups in total. The maximum Gasteiger partial charge on any atom is 0.306 e. The highest BCUT2D eigenvalue weighted by atomic mass is 16.6. The first-order valence-corrected chi connectivity index (χ1v) is 35.4. The molecular weight excluding hydrogens is 1020 g/mol. The summed E-state index contributed by atoms with van der Waals surface area (Å²) in [7, 11) is 0. The van der Waals surface area contributed by atoms with Gasteiger partial charge in [-0.3, -0.25) is 14.4 Å². The van der Waals surface area contributed by atoms with Crippen molar-refractivity contribution in [1.82, 2.24) is 0 Å². The number of hydrogen-bond acceptors (Lipinski definition) is 6. The summed E-state index contributed by atoms with van der Waals surface area (Å²) in [6.45, 7) is 6.44. The molecule has 83 heavy (non-hydrogen) atoms. The van der Waals surface area contributed by atoms with E-state index >= 15 is 0 Å². The summed E-state index contributed by atoms with van der Waals surface area (Å²) >= 11 is 0. The van der Waals surface area contributed by atoms with Gasteiger partial charge in [-0.15, -0.1) is 0 Å².